The second kappa shape index (κ2) is 6.44. The molecule has 0 bridgehead atoms. The van der Waals surface area contributed by atoms with Gasteiger partial charge in [-0.25, -0.2) is 0 Å². The molecule has 3 aromatic rings. The number of ether oxygens (including phenoxy) is 1. The molecule has 1 aromatic heterocycles. The molecular formula is C19H16N4O3. The van der Waals surface area contributed by atoms with Crippen LogP contribution in [0.25, 0.3) is 5.69 Å². The summed E-state index contributed by atoms with van der Waals surface area (Å²) in [6, 6.07) is 10.6. The summed E-state index contributed by atoms with van der Waals surface area (Å²) < 4.78 is 7.08. The van der Waals surface area contributed by atoms with Gasteiger partial charge < -0.3 is 10.1 Å². The topological polar surface area (TPSA) is 86.1 Å². The summed E-state index contributed by atoms with van der Waals surface area (Å²) in [5.74, 6) is 0.358. The van der Waals surface area contributed by atoms with Crippen molar-refractivity contribution in [3.63, 3.8) is 0 Å². The summed E-state index contributed by atoms with van der Waals surface area (Å²) in [6.45, 7) is 0. The van der Waals surface area contributed by atoms with E-state index in [4.69, 9.17) is 4.74 Å². The molecule has 7 nitrogen and oxygen atoms in total. The van der Waals surface area contributed by atoms with Gasteiger partial charge in [-0.05, 0) is 36.2 Å². The molecule has 0 spiro atoms. The fourth-order valence-corrected chi connectivity index (χ4v) is 3.18. The number of hydrogen-bond donors (Lipinski definition) is 1. The number of carbonyl (C=O) groups is 2. The van der Waals surface area contributed by atoms with Gasteiger partial charge in [0.1, 0.15) is 18.4 Å². The summed E-state index contributed by atoms with van der Waals surface area (Å²) in [5, 5.41) is 10.5. The number of ketones is 1. The van der Waals surface area contributed by atoms with Gasteiger partial charge in [-0.15, -0.1) is 10.2 Å². The monoisotopic (exact) mass is 348 g/mol. The Bertz CT molecular complexity index is 996. The number of aromatic nitrogens is 3. The zero-order chi connectivity index (χ0) is 18.1. The summed E-state index contributed by atoms with van der Waals surface area (Å²) >= 11 is 0. The van der Waals surface area contributed by atoms with E-state index in [0.29, 0.717) is 35.4 Å². The highest BCUT2D eigenvalue weighted by molar-refractivity contribution is 6.10. The normalized spacial score (nSPS) is 12.7. The first-order chi connectivity index (χ1) is 12.7. The first kappa shape index (κ1) is 16.0. The van der Waals surface area contributed by atoms with Crippen LogP contribution in [0.15, 0.2) is 49.1 Å². The summed E-state index contributed by atoms with van der Waals surface area (Å²) in [5.41, 5.74) is 3.29. The molecule has 26 heavy (non-hydrogen) atoms. The number of rotatable bonds is 4. The Kier molecular flexibility index (Phi) is 3.96. The van der Waals surface area contributed by atoms with Crippen molar-refractivity contribution in [1.82, 2.24) is 14.8 Å². The van der Waals surface area contributed by atoms with Crippen LogP contribution in [0.4, 0.5) is 5.69 Å². The number of methoxy groups -OCH3 is 1. The standard InChI is InChI=1S/C19H16N4O3/c1-26-18-8-5-12(23-10-20-21-11-23)9-16(18)22-19(25)15-4-2-3-14-13(15)6-7-17(14)24/h2-5,8-11H,6-7H2,1H3,(H,22,25). The SMILES string of the molecule is COc1ccc(-n2cnnc2)cc1NC(=O)c1cccc2c1CCC2=O. The van der Waals surface area contributed by atoms with E-state index in [0.717, 1.165) is 11.3 Å². The van der Waals surface area contributed by atoms with Crippen molar-refractivity contribution in [2.45, 2.75) is 12.8 Å². The highest BCUT2D eigenvalue weighted by Gasteiger charge is 2.24. The molecule has 7 heteroatoms. The van der Waals surface area contributed by atoms with Gasteiger partial charge in [0.05, 0.1) is 18.5 Å². The van der Waals surface area contributed by atoms with Crippen molar-refractivity contribution >= 4 is 17.4 Å². The van der Waals surface area contributed by atoms with Crippen LogP contribution in [0.2, 0.25) is 0 Å². The van der Waals surface area contributed by atoms with Gasteiger partial charge in [0.25, 0.3) is 5.91 Å². The van der Waals surface area contributed by atoms with Crippen molar-refractivity contribution in [1.29, 1.82) is 0 Å². The van der Waals surface area contributed by atoms with Crippen LogP contribution in [0, 0.1) is 0 Å². The molecule has 0 unspecified atom stereocenters. The molecular weight excluding hydrogens is 332 g/mol. The second-order valence-corrected chi connectivity index (χ2v) is 5.96. The molecule has 0 saturated carbocycles. The fourth-order valence-electron chi connectivity index (χ4n) is 3.18. The zero-order valence-corrected chi connectivity index (χ0v) is 14.1. The third kappa shape index (κ3) is 2.73. The third-order valence-corrected chi connectivity index (χ3v) is 4.47. The average molecular weight is 348 g/mol. The smallest absolute Gasteiger partial charge is 0.256 e. The fraction of sp³-hybridized carbons (Fsp3) is 0.158. The van der Waals surface area contributed by atoms with E-state index in [1.54, 1.807) is 54.7 Å². The minimum atomic E-state index is -0.268. The Balaban J connectivity index is 1.68. The number of nitrogens with one attached hydrogen (secondary N) is 1. The van der Waals surface area contributed by atoms with E-state index in [-0.39, 0.29) is 11.7 Å². The van der Waals surface area contributed by atoms with Crippen LogP contribution in [0.3, 0.4) is 0 Å². The average Bonchev–Trinajstić information content (AvgIpc) is 3.32. The highest BCUT2D eigenvalue weighted by atomic mass is 16.5. The van der Waals surface area contributed by atoms with Crippen LogP contribution < -0.4 is 10.1 Å². The maximum atomic E-state index is 12.8. The summed E-state index contributed by atoms with van der Waals surface area (Å²) in [6.07, 6.45) is 4.19. The summed E-state index contributed by atoms with van der Waals surface area (Å²) in [7, 11) is 1.54. The van der Waals surface area contributed by atoms with E-state index in [1.165, 1.54) is 0 Å². The predicted octanol–water partition coefficient (Wildman–Crippen LogP) is 2.66. The Labute approximate surface area is 149 Å². The molecule has 0 fully saturated rings. The molecule has 1 aliphatic rings. The Hall–Kier alpha value is -3.48. The van der Waals surface area contributed by atoms with Gasteiger partial charge in [0.15, 0.2) is 5.78 Å². The van der Waals surface area contributed by atoms with Gasteiger partial charge in [0, 0.05) is 17.5 Å². The van der Waals surface area contributed by atoms with Crippen molar-refractivity contribution in [3.8, 4) is 11.4 Å². The van der Waals surface area contributed by atoms with Crippen LogP contribution in [0.5, 0.6) is 5.75 Å². The third-order valence-electron chi connectivity index (χ3n) is 4.47. The molecule has 0 saturated heterocycles. The number of nitrogens with zero attached hydrogens (tertiary/aromatic N) is 3. The molecule has 0 aliphatic heterocycles. The number of hydrogen-bond acceptors (Lipinski definition) is 5. The number of fused-ring (bicyclic) bond motifs is 1. The Morgan fingerprint density at radius 1 is 1.15 bits per heavy atom. The lowest BCUT2D eigenvalue weighted by Crippen LogP contribution is -2.15. The molecule has 0 atom stereocenters. The number of Topliss-reactive ketones (excluding diaryl/α,β-unsaturated/α-hetero) is 1. The van der Waals surface area contributed by atoms with E-state index >= 15 is 0 Å². The second-order valence-electron chi connectivity index (χ2n) is 5.96. The van der Waals surface area contributed by atoms with E-state index in [1.807, 2.05) is 6.07 Å². The van der Waals surface area contributed by atoms with Crippen LogP contribution >= 0.6 is 0 Å². The van der Waals surface area contributed by atoms with E-state index < -0.39 is 0 Å². The van der Waals surface area contributed by atoms with Crippen molar-refractivity contribution in [2.24, 2.45) is 0 Å². The minimum Gasteiger partial charge on any atom is -0.495 e. The van der Waals surface area contributed by atoms with E-state index in [9.17, 15) is 9.59 Å². The molecule has 1 N–H and O–H groups in total. The molecule has 4 rings (SSSR count). The predicted molar refractivity (Wildman–Crippen MR) is 95.0 cm³/mol. The number of amides is 1. The number of benzene rings is 2. The maximum absolute atomic E-state index is 12.8. The number of carbonyl (C=O) groups excluding carboxylic acids is 2. The van der Waals surface area contributed by atoms with Crippen LogP contribution in [-0.4, -0.2) is 33.6 Å². The van der Waals surface area contributed by atoms with Gasteiger partial charge in [-0.3, -0.25) is 14.2 Å². The lowest BCUT2D eigenvalue weighted by molar-refractivity contribution is 0.0993. The van der Waals surface area contributed by atoms with Crippen molar-refractivity contribution in [2.75, 3.05) is 12.4 Å². The van der Waals surface area contributed by atoms with Gasteiger partial charge in [-0.2, -0.15) is 0 Å². The first-order valence-corrected chi connectivity index (χ1v) is 8.17. The van der Waals surface area contributed by atoms with Crippen molar-refractivity contribution < 1.29 is 14.3 Å². The number of anilines is 1. The lowest BCUT2D eigenvalue weighted by atomic mass is 10.0. The first-order valence-electron chi connectivity index (χ1n) is 8.17. The molecule has 1 amide bonds. The molecule has 130 valence electrons. The largest absolute Gasteiger partial charge is 0.495 e. The Morgan fingerprint density at radius 2 is 1.96 bits per heavy atom. The van der Waals surface area contributed by atoms with Crippen LogP contribution in [-0.2, 0) is 6.42 Å². The quantitative estimate of drug-likeness (QED) is 0.783. The minimum absolute atomic E-state index is 0.0850. The van der Waals surface area contributed by atoms with Gasteiger partial charge in [-0.1, -0.05) is 12.1 Å². The van der Waals surface area contributed by atoms with Crippen molar-refractivity contribution in [3.05, 3.63) is 65.7 Å². The maximum Gasteiger partial charge on any atom is 0.256 e. The van der Waals surface area contributed by atoms with Gasteiger partial charge >= 0.3 is 0 Å². The molecule has 2 aromatic carbocycles. The summed E-state index contributed by atoms with van der Waals surface area (Å²) in [4.78, 5) is 24.7. The van der Waals surface area contributed by atoms with Crippen LogP contribution in [0.1, 0.15) is 32.7 Å². The van der Waals surface area contributed by atoms with Gasteiger partial charge in [0.2, 0.25) is 0 Å². The molecule has 1 heterocycles. The lowest BCUT2D eigenvalue weighted by Gasteiger charge is -2.13. The molecule has 0 radical (unpaired) electrons. The molecule has 1 aliphatic carbocycles. The van der Waals surface area contributed by atoms with E-state index in [2.05, 4.69) is 15.5 Å². The zero-order valence-electron chi connectivity index (χ0n) is 14.1. The highest BCUT2D eigenvalue weighted by Crippen LogP contribution is 2.30. The Morgan fingerprint density at radius 3 is 2.73 bits per heavy atom.